The van der Waals surface area contributed by atoms with Crippen LogP contribution in [0.5, 0.6) is 0 Å². The predicted molar refractivity (Wildman–Crippen MR) is 61.3 cm³/mol. The quantitative estimate of drug-likeness (QED) is 0.681. The van der Waals surface area contributed by atoms with Crippen LogP contribution in [0, 0.1) is 0 Å². The molecular weight excluding hydrogens is 206 g/mol. The number of likely N-dealkylation sites (tertiary alicyclic amines) is 1. The van der Waals surface area contributed by atoms with Gasteiger partial charge < -0.3 is 15.0 Å². The van der Waals surface area contributed by atoms with E-state index in [1.807, 2.05) is 11.9 Å². The molecule has 0 aliphatic carbocycles. The average molecular weight is 227 g/mol. The third-order valence-corrected chi connectivity index (χ3v) is 3.41. The third-order valence-electron chi connectivity index (χ3n) is 3.41. The van der Waals surface area contributed by atoms with Gasteiger partial charge in [0.1, 0.15) is 0 Å². The van der Waals surface area contributed by atoms with Gasteiger partial charge in [-0.1, -0.05) is 0 Å². The minimum absolute atomic E-state index is 0.221. The fraction of sp³-hybridized carbons (Fsp3) is 0.909. The molecular formula is C11H21N3O2. The van der Waals surface area contributed by atoms with Gasteiger partial charge >= 0.3 is 0 Å². The van der Waals surface area contributed by atoms with Crippen LogP contribution in [-0.4, -0.2) is 74.7 Å². The Kier molecular flexibility index (Phi) is 4.15. The third kappa shape index (κ3) is 2.72. The van der Waals surface area contributed by atoms with Crippen LogP contribution in [-0.2, 0) is 9.53 Å². The highest BCUT2D eigenvalue weighted by molar-refractivity contribution is 5.78. The SMILES string of the molecule is CNCC(=O)N1CCC(N2CCOCC2)C1. The molecule has 92 valence electrons. The van der Waals surface area contributed by atoms with E-state index in [2.05, 4.69) is 10.2 Å². The number of morpholine rings is 1. The molecule has 2 rings (SSSR count). The number of carbonyl (C=O) groups is 1. The fourth-order valence-corrected chi connectivity index (χ4v) is 2.47. The van der Waals surface area contributed by atoms with Crippen molar-refractivity contribution in [2.45, 2.75) is 12.5 Å². The van der Waals surface area contributed by atoms with Crippen LogP contribution in [0.2, 0.25) is 0 Å². The molecule has 2 fully saturated rings. The number of likely N-dealkylation sites (N-methyl/N-ethyl adjacent to an activating group) is 1. The standard InChI is InChI=1S/C11H21N3O2/c1-12-8-11(15)14-3-2-10(9-14)13-4-6-16-7-5-13/h10,12H,2-9H2,1H3. The highest BCUT2D eigenvalue weighted by Crippen LogP contribution is 2.16. The molecule has 1 amide bonds. The van der Waals surface area contributed by atoms with Gasteiger partial charge in [0.05, 0.1) is 19.8 Å². The average Bonchev–Trinajstić information content (AvgIpc) is 2.80. The molecule has 0 aromatic carbocycles. The van der Waals surface area contributed by atoms with Gasteiger partial charge in [-0.15, -0.1) is 0 Å². The number of rotatable bonds is 3. The zero-order valence-corrected chi connectivity index (χ0v) is 9.95. The van der Waals surface area contributed by atoms with E-state index in [0.29, 0.717) is 12.6 Å². The zero-order chi connectivity index (χ0) is 11.4. The molecule has 2 heterocycles. The first-order valence-corrected chi connectivity index (χ1v) is 6.05. The predicted octanol–water partition coefficient (Wildman–Crippen LogP) is -0.861. The molecule has 5 heteroatoms. The van der Waals surface area contributed by atoms with Crippen molar-refractivity contribution >= 4 is 5.91 Å². The Bertz CT molecular complexity index is 241. The fourth-order valence-electron chi connectivity index (χ4n) is 2.47. The molecule has 2 saturated heterocycles. The number of carbonyl (C=O) groups excluding carboxylic acids is 1. The largest absolute Gasteiger partial charge is 0.379 e. The lowest BCUT2D eigenvalue weighted by Crippen LogP contribution is -2.45. The summed E-state index contributed by atoms with van der Waals surface area (Å²) in [6.07, 6.45) is 1.11. The van der Waals surface area contributed by atoms with Gasteiger partial charge in [0.25, 0.3) is 0 Å². The van der Waals surface area contributed by atoms with E-state index in [1.54, 1.807) is 0 Å². The molecule has 1 N–H and O–H groups in total. The van der Waals surface area contributed by atoms with Crippen molar-refractivity contribution in [2.24, 2.45) is 0 Å². The van der Waals surface area contributed by atoms with E-state index >= 15 is 0 Å². The highest BCUT2D eigenvalue weighted by Gasteiger charge is 2.30. The van der Waals surface area contributed by atoms with Crippen LogP contribution in [0.3, 0.4) is 0 Å². The molecule has 0 radical (unpaired) electrons. The van der Waals surface area contributed by atoms with Crippen LogP contribution >= 0.6 is 0 Å². The van der Waals surface area contributed by atoms with Gasteiger partial charge in [-0.25, -0.2) is 0 Å². The second-order valence-corrected chi connectivity index (χ2v) is 4.46. The summed E-state index contributed by atoms with van der Waals surface area (Å²) in [7, 11) is 1.81. The molecule has 2 aliphatic heterocycles. The van der Waals surface area contributed by atoms with Crippen molar-refractivity contribution in [1.82, 2.24) is 15.1 Å². The Labute approximate surface area is 96.7 Å². The summed E-state index contributed by atoms with van der Waals surface area (Å²) in [6, 6.07) is 0.546. The molecule has 1 unspecified atom stereocenters. The smallest absolute Gasteiger partial charge is 0.236 e. The second-order valence-electron chi connectivity index (χ2n) is 4.46. The molecule has 0 aromatic heterocycles. The van der Waals surface area contributed by atoms with Crippen molar-refractivity contribution in [3.63, 3.8) is 0 Å². The maximum atomic E-state index is 11.7. The topological polar surface area (TPSA) is 44.8 Å². The van der Waals surface area contributed by atoms with Crippen LogP contribution in [0.25, 0.3) is 0 Å². The van der Waals surface area contributed by atoms with E-state index in [0.717, 1.165) is 45.8 Å². The number of nitrogens with one attached hydrogen (secondary N) is 1. The van der Waals surface area contributed by atoms with Gasteiger partial charge in [-0.2, -0.15) is 0 Å². The Morgan fingerprint density at radius 1 is 1.38 bits per heavy atom. The lowest BCUT2D eigenvalue weighted by atomic mass is 10.2. The van der Waals surface area contributed by atoms with Crippen LogP contribution in [0.15, 0.2) is 0 Å². The van der Waals surface area contributed by atoms with Gasteiger partial charge in [-0.05, 0) is 13.5 Å². The molecule has 16 heavy (non-hydrogen) atoms. The van der Waals surface area contributed by atoms with E-state index in [-0.39, 0.29) is 5.91 Å². The molecule has 0 aromatic rings. The van der Waals surface area contributed by atoms with Gasteiger partial charge in [0, 0.05) is 32.2 Å². The van der Waals surface area contributed by atoms with E-state index in [9.17, 15) is 4.79 Å². The Morgan fingerprint density at radius 2 is 2.12 bits per heavy atom. The monoisotopic (exact) mass is 227 g/mol. The maximum absolute atomic E-state index is 11.7. The highest BCUT2D eigenvalue weighted by atomic mass is 16.5. The lowest BCUT2D eigenvalue weighted by Gasteiger charge is -2.32. The normalized spacial score (nSPS) is 27.3. The van der Waals surface area contributed by atoms with Crippen LogP contribution < -0.4 is 5.32 Å². The Morgan fingerprint density at radius 3 is 2.81 bits per heavy atom. The van der Waals surface area contributed by atoms with Crippen molar-refractivity contribution in [2.75, 3.05) is 53.0 Å². The summed E-state index contributed by atoms with van der Waals surface area (Å²) < 4.78 is 5.34. The summed E-state index contributed by atoms with van der Waals surface area (Å²) in [6.45, 7) is 5.94. The summed E-state index contributed by atoms with van der Waals surface area (Å²) >= 11 is 0. The molecule has 1 atom stereocenters. The maximum Gasteiger partial charge on any atom is 0.236 e. The summed E-state index contributed by atoms with van der Waals surface area (Å²) in [5, 5.41) is 2.91. The van der Waals surface area contributed by atoms with Crippen molar-refractivity contribution in [3.05, 3.63) is 0 Å². The number of hydrogen-bond donors (Lipinski definition) is 1. The number of nitrogens with zero attached hydrogens (tertiary/aromatic N) is 2. The zero-order valence-electron chi connectivity index (χ0n) is 9.95. The first-order chi connectivity index (χ1) is 7.81. The molecule has 0 saturated carbocycles. The molecule has 2 aliphatic rings. The number of hydrogen-bond acceptors (Lipinski definition) is 4. The van der Waals surface area contributed by atoms with Gasteiger partial charge in [0.2, 0.25) is 5.91 Å². The van der Waals surface area contributed by atoms with E-state index in [1.165, 1.54) is 0 Å². The number of amides is 1. The van der Waals surface area contributed by atoms with Crippen LogP contribution in [0.4, 0.5) is 0 Å². The molecule has 0 bridgehead atoms. The minimum atomic E-state index is 0.221. The van der Waals surface area contributed by atoms with Crippen molar-refractivity contribution in [3.8, 4) is 0 Å². The summed E-state index contributed by atoms with van der Waals surface area (Å²) in [4.78, 5) is 16.1. The summed E-state index contributed by atoms with van der Waals surface area (Å²) in [5.74, 6) is 0.221. The first kappa shape index (κ1) is 11.8. The lowest BCUT2D eigenvalue weighted by molar-refractivity contribution is -0.129. The minimum Gasteiger partial charge on any atom is -0.379 e. The first-order valence-electron chi connectivity index (χ1n) is 6.05. The van der Waals surface area contributed by atoms with Crippen LogP contribution in [0.1, 0.15) is 6.42 Å². The Hall–Kier alpha value is -0.650. The van der Waals surface area contributed by atoms with E-state index < -0.39 is 0 Å². The Balaban J connectivity index is 1.80. The second kappa shape index (κ2) is 5.61. The van der Waals surface area contributed by atoms with Gasteiger partial charge in [-0.3, -0.25) is 9.69 Å². The molecule has 5 nitrogen and oxygen atoms in total. The summed E-state index contributed by atoms with van der Waals surface area (Å²) in [5.41, 5.74) is 0. The van der Waals surface area contributed by atoms with Gasteiger partial charge in [0.15, 0.2) is 0 Å². The number of ether oxygens (including phenoxy) is 1. The van der Waals surface area contributed by atoms with Crippen molar-refractivity contribution < 1.29 is 9.53 Å². The molecule has 0 spiro atoms. The van der Waals surface area contributed by atoms with E-state index in [4.69, 9.17) is 4.74 Å². The van der Waals surface area contributed by atoms with Crippen molar-refractivity contribution in [1.29, 1.82) is 0 Å².